The average Bonchev–Trinajstić information content (AvgIpc) is 2.24. The quantitative estimate of drug-likeness (QED) is 0.829. The van der Waals surface area contributed by atoms with Crippen LogP contribution in [0.2, 0.25) is 0 Å². The summed E-state index contributed by atoms with van der Waals surface area (Å²) in [6.07, 6.45) is 1.90. The molecule has 1 amide bonds. The summed E-state index contributed by atoms with van der Waals surface area (Å²) in [5.74, 6) is 0.0265. The summed E-state index contributed by atoms with van der Waals surface area (Å²) in [5, 5.41) is 7.00. The zero-order valence-electron chi connectivity index (χ0n) is 11.3. The molecule has 112 valence electrons. The monoisotopic (exact) mass is 304 g/mol. The van der Waals surface area contributed by atoms with Crippen molar-refractivity contribution >= 4 is 22.3 Å². The molecule has 10 heteroatoms. The number of nitrogens with zero attached hydrogens (tertiary/aromatic N) is 2. The molecule has 0 spiro atoms. The van der Waals surface area contributed by atoms with Gasteiger partial charge < -0.3 is 4.74 Å². The highest BCUT2D eigenvalue weighted by Gasteiger charge is 2.16. The van der Waals surface area contributed by atoms with Crippen LogP contribution in [0.1, 0.15) is 26.3 Å². The van der Waals surface area contributed by atoms with Crippen LogP contribution in [0.3, 0.4) is 0 Å². The Morgan fingerprint density at radius 3 is 2.35 bits per heavy atom. The Bertz CT molecular complexity index is 564. The van der Waals surface area contributed by atoms with Crippen molar-refractivity contribution in [3.05, 3.63) is 18.0 Å². The molecular weight excluding hydrogens is 288 g/mol. The molecule has 1 rings (SSSR count). The van der Waals surface area contributed by atoms with Gasteiger partial charge in [0.2, 0.25) is 5.95 Å². The lowest BCUT2D eigenvalue weighted by atomic mass is 10.2. The van der Waals surface area contributed by atoms with E-state index in [-0.39, 0.29) is 12.6 Å². The molecule has 9 nitrogen and oxygen atoms in total. The van der Waals surface area contributed by atoms with Crippen LogP contribution in [0.4, 0.5) is 10.7 Å². The Morgan fingerprint density at radius 1 is 1.35 bits per heavy atom. The minimum Gasteiger partial charge on any atom is -0.444 e. The van der Waals surface area contributed by atoms with E-state index in [1.807, 2.05) is 0 Å². The highest BCUT2D eigenvalue weighted by molar-refractivity contribution is 7.84. The van der Waals surface area contributed by atoms with Gasteiger partial charge in [0.15, 0.2) is 0 Å². The van der Waals surface area contributed by atoms with E-state index in [9.17, 15) is 13.2 Å². The van der Waals surface area contributed by atoms with Crippen LogP contribution in [-0.4, -0.2) is 30.1 Å². The Labute approximate surface area is 116 Å². The van der Waals surface area contributed by atoms with Gasteiger partial charge in [-0.15, -0.1) is 0 Å². The summed E-state index contributed by atoms with van der Waals surface area (Å²) in [6, 6.07) is 0. The van der Waals surface area contributed by atoms with Gasteiger partial charge in [-0.05, 0) is 20.8 Å². The molecule has 1 aromatic rings. The maximum Gasteiger partial charge on any atom is 0.414 e. The highest BCUT2D eigenvalue weighted by atomic mass is 32.2. The lowest BCUT2D eigenvalue weighted by Crippen LogP contribution is -2.27. The summed E-state index contributed by atoms with van der Waals surface area (Å²) in [6.45, 7) is 4.88. The third-order valence-corrected chi connectivity index (χ3v) is 2.15. The van der Waals surface area contributed by atoms with E-state index in [2.05, 4.69) is 24.6 Å². The molecule has 0 aliphatic carbocycles. The van der Waals surface area contributed by atoms with Crippen molar-refractivity contribution in [2.45, 2.75) is 33.0 Å². The Kier molecular flexibility index (Phi) is 4.98. The fourth-order valence-electron chi connectivity index (χ4n) is 1.04. The van der Waals surface area contributed by atoms with Gasteiger partial charge in [0.05, 0.1) is 6.61 Å². The molecular formula is C10H16N4O5S. The molecule has 0 radical (unpaired) electrons. The normalized spacial score (nSPS) is 12.0. The topological polar surface area (TPSA) is 134 Å². The number of rotatable bonds is 4. The van der Waals surface area contributed by atoms with Crippen molar-refractivity contribution in [3.8, 4) is 0 Å². The number of ether oxygens (including phenoxy) is 1. The second-order valence-corrected chi connectivity index (χ2v) is 6.02. The third-order valence-electron chi connectivity index (χ3n) is 1.71. The summed E-state index contributed by atoms with van der Waals surface area (Å²) in [7, 11) is -4.02. The Balaban J connectivity index is 2.57. The van der Waals surface area contributed by atoms with Crippen molar-refractivity contribution in [1.29, 1.82) is 0 Å². The molecule has 20 heavy (non-hydrogen) atoms. The van der Waals surface area contributed by atoms with E-state index in [1.54, 1.807) is 20.8 Å². The first-order valence-electron chi connectivity index (χ1n) is 5.53. The van der Waals surface area contributed by atoms with Crippen LogP contribution in [-0.2, 0) is 25.8 Å². The zero-order chi connectivity index (χ0) is 15.4. The fraction of sp³-hybridized carbons (Fsp3) is 0.500. The predicted molar refractivity (Wildman–Crippen MR) is 69.8 cm³/mol. The van der Waals surface area contributed by atoms with Crippen LogP contribution < -0.4 is 10.5 Å². The van der Waals surface area contributed by atoms with Crippen molar-refractivity contribution < 1.29 is 22.1 Å². The maximum atomic E-state index is 11.4. The Hall–Kier alpha value is -1.78. The van der Waals surface area contributed by atoms with Gasteiger partial charge >= 0.3 is 16.4 Å². The SMILES string of the molecule is CC(C)(C)OC(=O)Nc1ncc(COS(N)(=O)=O)cn1. The number of nitrogens with two attached hydrogens (primary N) is 1. The summed E-state index contributed by atoms with van der Waals surface area (Å²) in [4.78, 5) is 19.1. The largest absolute Gasteiger partial charge is 0.444 e. The number of anilines is 1. The van der Waals surface area contributed by atoms with Crippen molar-refractivity contribution in [3.63, 3.8) is 0 Å². The number of hydrogen-bond donors (Lipinski definition) is 2. The number of hydrogen-bond acceptors (Lipinski definition) is 7. The smallest absolute Gasteiger partial charge is 0.414 e. The van der Waals surface area contributed by atoms with Crippen LogP contribution in [0.15, 0.2) is 12.4 Å². The summed E-state index contributed by atoms with van der Waals surface area (Å²) in [5.41, 5.74) is -0.248. The second-order valence-electron chi connectivity index (χ2n) is 4.80. The third kappa shape index (κ3) is 6.97. The van der Waals surface area contributed by atoms with Crippen LogP contribution in [0, 0.1) is 0 Å². The predicted octanol–water partition coefficient (Wildman–Crippen LogP) is 0.544. The van der Waals surface area contributed by atoms with Crippen LogP contribution in [0.25, 0.3) is 0 Å². The van der Waals surface area contributed by atoms with Crippen molar-refractivity contribution in [1.82, 2.24) is 9.97 Å². The summed E-state index contributed by atoms with van der Waals surface area (Å²) >= 11 is 0. The highest BCUT2D eigenvalue weighted by Crippen LogP contribution is 2.09. The number of carbonyl (C=O) groups is 1. The van der Waals surface area contributed by atoms with Gasteiger partial charge in [-0.25, -0.2) is 19.9 Å². The number of aromatic nitrogens is 2. The lowest BCUT2D eigenvalue weighted by molar-refractivity contribution is 0.0634. The molecule has 3 N–H and O–H groups in total. The van der Waals surface area contributed by atoms with E-state index in [4.69, 9.17) is 4.74 Å². The van der Waals surface area contributed by atoms with Crippen LogP contribution >= 0.6 is 0 Å². The molecule has 0 atom stereocenters. The van der Waals surface area contributed by atoms with Gasteiger partial charge in [0, 0.05) is 18.0 Å². The van der Waals surface area contributed by atoms with Gasteiger partial charge in [-0.2, -0.15) is 8.42 Å². The van der Waals surface area contributed by atoms with Gasteiger partial charge in [-0.1, -0.05) is 0 Å². The molecule has 0 saturated carbocycles. The van der Waals surface area contributed by atoms with E-state index in [0.717, 1.165) is 0 Å². The molecule has 0 fully saturated rings. The number of nitrogens with one attached hydrogen (secondary N) is 1. The first kappa shape index (κ1) is 16.3. The van der Waals surface area contributed by atoms with Crippen molar-refractivity contribution in [2.24, 2.45) is 5.14 Å². The van der Waals surface area contributed by atoms with Gasteiger partial charge in [-0.3, -0.25) is 9.50 Å². The average molecular weight is 304 g/mol. The first-order chi connectivity index (χ1) is 9.05. The molecule has 0 aromatic carbocycles. The zero-order valence-corrected chi connectivity index (χ0v) is 12.1. The van der Waals surface area contributed by atoms with Crippen molar-refractivity contribution in [2.75, 3.05) is 5.32 Å². The molecule has 1 heterocycles. The molecule has 0 unspecified atom stereocenters. The van der Waals surface area contributed by atoms with E-state index in [1.165, 1.54) is 12.4 Å². The lowest BCUT2D eigenvalue weighted by Gasteiger charge is -2.19. The Morgan fingerprint density at radius 2 is 1.90 bits per heavy atom. The second kappa shape index (κ2) is 6.11. The van der Waals surface area contributed by atoms with E-state index < -0.39 is 22.0 Å². The molecule has 0 aliphatic heterocycles. The summed E-state index contributed by atoms with van der Waals surface area (Å²) < 4.78 is 30.6. The number of carbonyl (C=O) groups excluding carboxylic acids is 1. The fourth-order valence-corrected chi connectivity index (χ4v) is 1.34. The van der Waals surface area contributed by atoms with Gasteiger partial charge in [0.25, 0.3) is 0 Å². The van der Waals surface area contributed by atoms with Gasteiger partial charge in [0.1, 0.15) is 5.60 Å². The molecule has 1 aromatic heterocycles. The molecule has 0 saturated heterocycles. The molecule has 0 aliphatic rings. The van der Waals surface area contributed by atoms with Crippen LogP contribution in [0.5, 0.6) is 0 Å². The first-order valence-corrected chi connectivity index (χ1v) is 7.00. The van der Waals surface area contributed by atoms with E-state index >= 15 is 0 Å². The van der Waals surface area contributed by atoms with E-state index in [0.29, 0.717) is 5.56 Å². The standard InChI is InChI=1S/C10H16N4O5S/c1-10(2,3)19-9(15)14-8-12-4-7(5-13-8)6-18-20(11,16)17/h4-5H,6H2,1-3H3,(H2,11,16,17)(H,12,13,14,15). The maximum absolute atomic E-state index is 11.4. The minimum absolute atomic E-state index is 0.0265. The number of amides is 1. The minimum atomic E-state index is -4.02. The molecule has 0 bridgehead atoms.